The zero-order valence-electron chi connectivity index (χ0n) is 8.89. The summed E-state index contributed by atoms with van der Waals surface area (Å²) in [5, 5.41) is 0. The molecule has 0 bridgehead atoms. The molecule has 2 aromatic rings. The van der Waals surface area contributed by atoms with E-state index < -0.39 is 0 Å². The molecule has 0 saturated heterocycles. The maximum Gasteiger partial charge on any atom is 0.0716 e. The van der Waals surface area contributed by atoms with Gasteiger partial charge in [-0.15, -0.1) is 0 Å². The van der Waals surface area contributed by atoms with Crippen LogP contribution in [-0.4, -0.2) is 11.2 Å². The van der Waals surface area contributed by atoms with E-state index in [9.17, 15) is 0 Å². The average molecular weight is 201 g/mol. The van der Waals surface area contributed by atoms with Gasteiger partial charge in [-0.2, -0.15) is 0 Å². The van der Waals surface area contributed by atoms with Gasteiger partial charge >= 0.3 is 0 Å². The predicted molar refractivity (Wildman–Crippen MR) is 61.1 cm³/mol. The summed E-state index contributed by atoms with van der Waals surface area (Å²) >= 11 is 0. The number of hydrogen-bond acceptors (Lipinski definition) is 1. The smallest absolute Gasteiger partial charge is 0.0716 e. The molecule has 2 rings (SSSR count). The Kier molecular flexibility index (Phi) is 3.20. The molecule has 1 aromatic carbocycles. The van der Waals surface area contributed by atoms with Crippen LogP contribution >= 0.6 is 0 Å². The van der Waals surface area contributed by atoms with E-state index in [-0.39, 0.29) is 0 Å². The van der Waals surface area contributed by atoms with Gasteiger partial charge in [0.25, 0.3) is 0 Å². The number of nitrogens with zero attached hydrogens (tertiary/aromatic N) is 1. The Morgan fingerprint density at radius 1 is 1.07 bits per heavy atom. The highest BCUT2D eigenvalue weighted by atomic mass is 16.5. The molecule has 1 aromatic heterocycles. The lowest BCUT2D eigenvalue weighted by Crippen LogP contribution is -1.93. The summed E-state index contributed by atoms with van der Waals surface area (Å²) in [6.07, 6.45) is 4.08. The molecule has 0 atom stereocenters. The van der Waals surface area contributed by atoms with Crippen LogP contribution in [0.2, 0.25) is 0 Å². The van der Waals surface area contributed by atoms with Gasteiger partial charge in [0.15, 0.2) is 0 Å². The second-order valence-corrected chi connectivity index (χ2v) is 3.39. The Hall–Kier alpha value is -1.54. The maximum atomic E-state index is 5.34. The van der Waals surface area contributed by atoms with Gasteiger partial charge in [0.1, 0.15) is 0 Å². The third-order valence-corrected chi connectivity index (χ3v) is 2.31. The lowest BCUT2D eigenvalue weighted by atomic mass is 10.2. The summed E-state index contributed by atoms with van der Waals surface area (Å²) in [5.41, 5.74) is 2.40. The van der Waals surface area contributed by atoms with E-state index in [2.05, 4.69) is 28.8 Å². The number of aromatic nitrogens is 1. The third kappa shape index (κ3) is 2.48. The van der Waals surface area contributed by atoms with Crippen molar-refractivity contribution in [1.29, 1.82) is 0 Å². The fourth-order valence-electron chi connectivity index (χ4n) is 1.49. The van der Waals surface area contributed by atoms with Gasteiger partial charge in [0.2, 0.25) is 0 Å². The van der Waals surface area contributed by atoms with Crippen molar-refractivity contribution in [2.24, 2.45) is 0 Å². The van der Waals surface area contributed by atoms with Crippen molar-refractivity contribution in [2.45, 2.75) is 13.5 Å². The van der Waals surface area contributed by atoms with Crippen LogP contribution in [0, 0.1) is 0 Å². The van der Waals surface area contributed by atoms with Crippen LogP contribution in [0.3, 0.4) is 0 Å². The third-order valence-electron chi connectivity index (χ3n) is 2.31. The lowest BCUT2D eigenvalue weighted by Gasteiger charge is -2.05. The zero-order valence-corrected chi connectivity index (χ0v) is 8.89. The van der Waals surface area contributed by atoms with Crippen LogP contribution in [0.5, 0.6) is 0 Å². The van der Waals surface area contributed by atoms with Crippen LogP contribution in [0.25, 0.3) is 5.69 Å². The summed E-state index contributed by atoms with van der Waals surface area (Å²) in [6, 6.07) is 12.5. The first-order valence-electron chi connectivity index (χ1n) is 5.20. The van der Waals surface area contributed by atoms with E-state index in [0.717, 1.165) is 6.61 Å². The molecule has 78 valence electrons. The normalized spacial score (nSPS) is 10.5. The van der Waals surface area contributed by atoms with Crippen LogP contribution in [0.4, 0.5) is 0 Å². The first kappa shape index (κ1) is 9.99. The minimum absolute atomic E-state index is 0.697. The predicted octanol–water partition coefficient (Wildman–Crippen LogP) is 3.01. The van der Waals surface area contributed by atoms with E-state index in [1.54, 1.807) is 0 Å². The van der Waals surface area contributed by atoms with Gasteiger partial charge in [0, 0.05) is 24.7 Å². The summed E-state index contributed by atoms with van der Waals surface area (Å²) in [6.45, 7) is 3.47. The van der Waals surface area contributed by atoms with Crippen LogP contribution in [-0.2, 0) is 11.3 Å². The highest BCUT2D eigenvalue weighted by Crippen LogP contribution is 2.10. The fourth-order valence-corrected chi connectivity index (χ4v) is 1.49. The van der Waals surface area contributed by atoms with Crippen molar-refractivity contribution in [3.8, 4) is 5.69 Å². The van der Waals surface area contributed by atoms with E-state index in [4.69, 9.17) is 4.74 Å². The van der Waals surface area contributed by atoms with Gasteiger partial charge in [-0.3, -0.25) is 0 Å². The van der Waals surface area contributed by atoms with Crippen molar-refractivity contribution in [1.82, 2.24) is 4.57 Å². The largest absolute Gasteiger partial charge is 0.377 e. The fraction of sp³-hybridized carbons (Fsp3) is 0.231. The first-order valence-corrected chi connectivity index (χ1v) is 5.20. The van der Waals surface area contributed by atoms with Gasteiger partial charge in [-0.25, -0.2) is 0 Å². The summed E-state index contributed by atoms with van der Waals surface area (Å²) in [7, 11) is 0. The van der Waals surface area contributed by atoms with Gasteiger partial charge in [0.05, 0.1) is 6.61 Å². The highest BCUT2D eigenvalue weighted by molar-refractivity contribution is 5.34. The molecular formula is C13H15NO. The van der Waals surface area contributed by atoms with E-state index in [1.807, 2.05) is 31.5 Å². The minimum Gasteiger partial charge on any atom is -0.377 e. The molecule has 0 aliphatic rings. The van der Waals surface area contributed by atoms with Crippen molar-refractivity contribution in [3.05, 3.63) is 54.4 Å². The van der Waals surface area contributed by atoms with Gasteiger partial charge in [-0.05, 0) is 36.8 Å². The SMILES string of the molecule is CCOCc1ccc(-n2cccc2)cc1. The number of benzene rings is 1. The van der Waals surface area contributed by atoms with Crippen molar-refractivity contribution >= 4 is 0 Å². The minimum atomic E-state index is 0.697. The second kappa shape index (κ2) is 4.80. The molecule has 0 spiro atoms. The van der Waals surface area contributed by atoms with E-state index >= 15 is 0 Å². The lowest BCUT2D eigenvalue weighted by molar-refractivity contribution is 0.134. The van der Waals surface area contributed by atoms with Gasteiger partial charge < -0.3 is 9.30 Å². The maximum absolute atomic E-state index is 5.34. The molecule has 0 saturated carbocycles. The number of rotatable bonds is 4. The molecule has 0 N–H and O–H groups in total. The van der Waals surface area contributed by atoms with Crippen molar-refractivity contribution in [2.75, 3.05) is 6.61 Å². The van der Waals surface area contributed by atoms with Crippen molar-refractivity contribution in [3.63, 3.8) is 0 Å². The average Bonchev–Trinajstić information content (AvgIpc) is 2.80. The first-order chi connectivity index (χ1) is 7.40. The second-order valence-electron chi connectivity index (χ2n) is 3.39. The van der Waals surface area contributed by atoms with Crippen LogP contribution < -0.4 is 0 Å². The molecule has 0 aliphatic heterocycles. The Morgan fingerprint density at radius 2 is 1.73 bits per heavy atom. The topological polar surface area (TPSA) is 14.2 Å². The molecule has 0 amide bonds. The molecule has 0 radical (unpaired) electrons. The molecule has 1 heterocycles. The summed E-state index contributed by atoms with van der Waals surface area (Å²) in [5.74, 6) is 0. The standard InChI is InChI=1S/C13H15NO/c1-2-15-11-12-5-7-13(8-6-12)14-9-3-4-10-14/h3-10H,2,11H2,1H3. The Balaban J connectivity index is 2.11. The molecular weight excluding hydrogens is 186 g/mol. The van der Waals surface area contributed by atoms with E-state index in [1.165, 1.54) is 11.3 Å². The Bertz CT molecular complexity index is 389. The number of ether oxygens (including phenoxy) is 1. The quantitative estimate of drug-likeness (QED) is 0.741. The Morgan fingerprint density at radius 3 is 2.33 bits per heavy atom. The molecule has 0 fully saturated rings. The molecule has 15 heavy (non-hydrogen) atoms. The highest BCUT2D eigenvalue weighted by Gasteiger charge is 1.95. The summed E-state index contributed by atoms with van der Waals surface area (Å²) in [4.78, 5) is 0. The molecule has 2 heteroatoms. The van der Waals surface area contributed by atoms with E-state index in [0.29, 0.717) is 6.61 Å². The van der Waals surface area contributed by atoms with Crippen molar-refractivity contribution < 1.29 is 4.74 Å². The summed E-state index contributed by atoms with van der Waals surface area (Å²) < 4.78 is 7.43. The van der Waals surface area contributed by atoms with Gasteiger partial charge in [-0.1, -0.05) is 12.1 Å². The molecule has 2 nitrogen and oxygen atoms in total. The van der Waals surface area contributed by atoms with Crippen LogP contribution in [0.1, 0.15) is 12.5 Å². The Labute approximate surface area is 90.1 Å². The molecule has 0 unspecified atom stereocenters. The number of hydrogen-bond donors (Lipinski definition) is 0. The molecule has 0 aliphatic carbocycles. The zero-order chi connectivity index (χ0) is 10.5. The van der Waals surface area contributed by atoms with Crippen LogP contribution in [0.15, 0.2) is 48.8 Å². The monoisotopic (exact) mass is 201 g/mol.